The molecule has 2 aromatic rings. The van der Waals surface area contributed by atoms with Crippen LogP contribution in [0.2, 0.25) is 0 Å². The number of carboxylic acids is 1. The quantitative estimate of drug-likeness (QED) is 0.818. The summed E-state index contributed by atoms with van der Waals surface area (Å²) in [5, 5.41) is 16.3. The number of carbonyl (C=O) groups excluding carboxylic acids is 1. The summed E-state index contributed by atoms with van der Waals surface area (Å²) in [6.45, 7) is 0.845. The zero-order valence-electron chi connectivity index (χ0n) is 13.4. The molecule has 2 N–H and O–H groups in total. The van der Waals surface area contributed by atoms with Crippen LogP contribution in [0.25, 0.3) is 0 Å². The van der Waals surface area contributed by atoms with E-state index in [4.69, 9.17) is 0 Å². The van der Waals surface area contributed by atoms with Crippen LogP contribution in [0.1, 0.15) is 36.9 Å². The van der Waals surface area contributed by atoms with Gasteiger partial charge in [-0.15, -0.1) is 0 Å². The normalized spacial score (nSPS) is 15.5. The second kappa shape index (κ2) is 6.86. The largest absolute Gasteiger partial charge is 0.481 e. The average molecular weight is 327 g/mol. The van der Waals surface area contributed by atoms with E-state index in [9.17, 15) is 14.7 Å². The van der Waals surface area contributed by atoms with Crippen molar-refractivity contribution in [1.29, 1.82) is 0 Å². The van der Waals surface area contributed by atoms with Crippen LogP contribution in [-0.2, 0) is 22.7 Å². The molecule has 0 aliphatic heterocycles. The molecule has 1 saturated carbocycles. The van der Waals surface area contributed by atoms with Crippen LogP contribution in [0.15, 0.2) is 42.6 Å². The number of carboxylic acid groups (broad SMARTS) is 1. The number of H-pyrrole nitrogens is 1. The SMILES string of the molecule is O=C(CC1(C(=O)O)CCC1)N(Cc1ccccc1)Cc1ccn[nH]1. The average Bonchev–Trinajstić information content (AvgIpc) is 3.04. The van der Waals surface area contributed by atoms with Crippen molar-refractivity contribution in [3.8, 4) is 0 Å². The van der Waals surface area contributed by atoms with Crippen LogP contribution in [0, 0.1) is 5.41 Å². The predicted octanol–water partition coefficient (Wildman–Crippen LogP) is 2.58. The van der Waals surface area contributed by atoms with Gasteiger partial charge in [0.05, 0.1) is 17.7 Å². The molecule has 0 unspecified atom stereocenters. The molecule has 0 bridgehead atoms. The zero-order valence-corrected chi connectivity index (χ0v) is 13.4. The Morgan fingerprint density at radius 3 is 2.46 bits per heavy atom. The Balaban J connectivity index is 1.75. The minimum atomic E-state index is -0.875. The molecule has 126 valence electrons. The Labute approximate surface area is 140 Å². The van der Waals surface area contributed by atoms with E-state index in [0.717, 1.165) is 17.7 Å². The number of aliphatic carboxylic acids is 1. The molecule has 1 aliphatic rings. The highest BCUT2D eigenvalue weighted by molar-refractivity contribution is 5.85. The highest BCUT2D eigenvalue weighted by Crippen LogP contribution is 2.44. The van der Waals surface area contributed by atoms with Crippen molar-refractivity contribution in [1.82, 2.24) is 15.1 Å². The van der Waals surface area contributed by atoms with Crippen molar-refractivity contribution >= 4 is 11.9 Å². The summed E-state index contributed by atoms with van der Waals surface area (Å²) in [5.41, 5.74) is 0.973. The van der Waals surface area contributed by atoms with Gasteiger partial charge in [0.15, 0.2) is 0 Å². The van der Waals surface area contributed by atoms with Crippen LogP contribution >= 0.6 is 0 Å². The fourth-order valence-corrected chi connectivity index (χ4v) is 3.09. The van der Waals surface area contributed by atoms with E-state index in [2.05, 4.69) is 10.2 Å². The van der Waals surface area contributed by atoms with Gasteiger partial charge >= 0.3 is 5.97 Å². The maximum Gasteiger partial charge on any atom is 0.310 e. The van der Waals surface area contributed by atoms with Gasteiger partial charge in [0.2, 0.25) is 5.91 Å². The van der Waals surface area contributed by atoms with Gasteiger partial charge in [0, 0.05) is 19.2 Å². The molecule has 1 fully saturated rings. The lowest BCUT2D eigenvalue weighted by Crippen LogP contribution is -2.43. The molecule has 0 radical (unpaired) electrons. The Morgan fingerprint density at radius 1 is 1.17 bits per heavy atom. The first-order valence-corrected chi connectivity index (χ1v) is 8.12. The minimum absolute atomic E-state index is 0.0588. The maximum atomic E-state index is 12.8. The van der Waals surface area contributed by atoms with Crippen molar-refractivity contribution < 1.29 is 14.7 Å². The lowest BCUT2D eigenvalue weighted by Gasteiger charge is -2.38. The number of nitrogens with zero attached hydrogens (tertiary/aromatic N) is 2. The molecule has 1 amide bonds. The summed E-state index contributed by atoms with van der Waals surface area (Å²) in [6, 6.07) is 11.5. The van der Waals surface area contributed by atoms with Crippen molar-refractivity contribution in [3.63, 3.8) is 0 Å². The molecular weight excluding hydrogens is 306 g/mol. The molecule has 24 heavy (non-hydrogen) atoms. The van der Waals surface area contributed by atoms with Crippen molar-refractivity contribution in [2.75, 3.05) is 0 Å². The second-order valence-corrected chi connectivity index (χ2v) is 6.43. The van der Waals surface area contributed by atoms with E-state index in [0.29, 0.717) is 25.9 Å². The number of aromatic nitrogens is 2. The minimum Gasteiger partial charge on any atom is -0.481 e. The van der Waals surface area contributed by atoms with E-state index < -0.39 is 11.4 Å². The van der Waals surface area contributed by atoms with Gasteiger partial charge in [-0.05, 0) is 24.5 Å². The number of carbonyl (C=O) groups is 2. The summed E-state index contributed by atoms with van der Waals surface area (Å²) in [4.78, 5) is 26.1. The number of rotatable bonds is 7. The Morgan fingerprint density at radius 2 is 1.92 bits per heavy atom. The molecule has 0 atom stereocenters. The highest BCUT2D eigenvalue weighted by Gasteiger charge is 2.46. The number of hydrogen-bond donors (Lipinski definition) is 2. The molecule has 1 aromatic carbocycles. The Hall–Kier alpha value is -2.63. The molecule has 1 aromatic heterocycles. The smallest absolute Gasteiger partial charge is 0.310 e. The van der Waals surface area contributed by atoms with Crippen molar-refractivity contribution in [3.05, 3.63) is 53.9 Å². The van der Waals surface area contributed by atoms with Gasteiger partial charge in [0.25, 0.3) is 0 Å². The van der Waals surface area contributed by atoms with Gasteiger partial charge in [-0.25, -0.2) is 0 Å². The van der Waals surface area contributed by atoms with Crippen LogP contribution in [-0.4, -0.2) is 32.1 Å². The molecule has 6 heteroatoms. The number of amides is 1. The number of nitrogens with one attached hydrogen (secondary N) is 1. The summed E-state index contributed by atoms with van der Waals surface area (Å²) >= 11 is 0. The fourth-order valence-electron chi connectivity index (χ4n) is 3.09. The molecule has 3 rings (SSSR count). The van der Waals surface area contributed by atoms with Gasteiger partial charge in [-0.3, -0.25) is 14.7 Å². The first kappa shape index (κ1) is 16.2. The lowest BCUT2D eigenvalue weighted by atomic mass is 9.66. The van der Waals surface area contributed by atoms with Crippen molar-refractivity contribution in [2.45, 2.75) is 38.8 Å². The third-order valence-electron chi connectivity index (χ3n) is 4.74. The third kappa shape index (κ3) is 3.48. The van der Waals surface area contributed by atoms with Crippen LogP contribution < -0.4 is 0 Å². The summed E-state index contributed by atoms with van der Waals surface area (Å²) in [6.07, 6.45) is 3.74. The summed E-state index contributed by atoms with van der Waals surface area (Å²) in [7, 11) is 0. The summed E-state index contributed by atoms with van der Waals surface area (Å²) in [5.74, 6) is -0.987. The van der Waals surface area contributed by atoms with E-state index in [1.165, 1.54) is 0 Å². The predicted molar refractivity (Wildman–Crippen MR) is 87.8 cm³/mol. The van der Waals surface area contributed by atoms with Gasteiger partial charge < -0.3 is 10.0 Å². The second-order valence-electron chi connectivity index (χ2n) is 6.43. The summed E-state index contributed by atoms with van der Waals surface area (Å²) < 4.78 is 0. The highest BCUT2D eigenvalue weighted by atomic mass is 16.4. The lowest BCUT2D eigenvalue weighted by molar-refractivity contribution is -0.159. The molecule has 1 heterocycles. The standard InChI is InChI=1S/C18H21N3O3/c22-16(11-18(17(23)24)8-4-9-18)21(13-15-7-10-19-20-15)12-14-5-2-1-3-6-14/h1-3,5-7,10H,4,8-9,11-13H2,(H,19,20)(H,23,24). The van der Waals surface area contributed by atoms with Gasteiger partial charge in [-0.2, -0.15) is 5.10 Å². The Kier molecular flexibility index (Phi) is 4.64. The molecular formula is C18H21N3O3. The van der Waals surface area contributed by atoms with Crippen LogP contribution in [0.5, 0.6) is 0 Å². The molecule has 0 spiro atoms. The maximum absolute atomic E-state index is 12.8. The molecule has 0 saturated heterocycles. The fraction of sp³-hybridized carbons (Fsp3) is 0.389. The molecule has 1 aliphatic carbocycles. The number of aromatic amines is 1. The number of benzene rings is 1. The van der Waals surface area contributed by atoms with E-state index in [1.54, 1.807) is 11.1 Å². The van der Waals surface area contributed by atoms with E-state index in [1.807, 2.05) is 36.4 Å². The van der Waals surface area contributed by atoms with E-state index >= 15 is 0 Å². The first-order valence-electron chi connectivity index (χ1n) is 8.12. The van der Waals surface area contributed by atoms with Gasteiger partial charge in [-0.1, -0.05) is 36.8 Å². The monoisotopic (exact) mass is 327 g/mol. The van der Waals surface area contributed by atoms with Crippen LogP contribution in [0.3, 0.4) is 0 Å². The molecule has 6 nitrogen and oxygen atoms in total. The first-order chi connectivity index (χ1) is 11.6. The van der Waals surface area contributed by atoms with Crippen LogP contribution in [0.4, 0.5) is 0 Å². The third-order valence-corrected chi connectivity index (χ3v) is 4.74. The van der Waals surface area contributed by atoms with Gasteiger partial charge in [0.1, 0.15) is 0 Å². The Bertz CT molecular complexity index is 694. The zero-order chi connectivity index (χ0) is 17.0. The number of hydrogen-bond acceptors (Lipinski definition) is 3. The topological polar surface area (TPSA) is 86.3 Å². The van der Waals surface area contributed by atoms with Crippen molar-refractivity contribution in [2.24, 2.45) is 5.41 Å². The van der Waals surface area contributed by atoms with E-state index in [-0.39, 0.29) is 12.3 Å².